The molecule has 6 heteroatoms. The second-order valence-corrected chi connectivity index (χ2v) is 6.51. The maximum atomic E-state index is 11.6. The molecule has 0 amide bonds. The average Bonchev–Trinajstić information content (AvgIpc) is 2.85. The van der Waals surface area contributed by atoms with Crippen molar-refractivity contribution < 1.29 is 9.90 Å². The predicted molar refractivity (Wildman–Crippen MR) is 79.7 cm³/mol. The van der Waals surface area contributed by atoms with Gasteiger partial charge in [0.1, 0.15) is 12.2 Å². The van der Waals surface area contributed by atoms with Gasteiger partial charge in [0.05, 0.1) is 12.0 Å². The molecule has 118 valence electrons. The highest BCUT2D eigenvalue weighted by Gasteiger charge is 2.40. The number of carboxylic acids is 1. The quantitative estimate of drug-likeness (QED) is 0.869. The number of aromatic nitrogens is 3. The normalized spacial score (nSPS) is 23.6. The van der Waals surface area contributed by atoms with Crippen LogP contribution in [0.5, 0.6) is 0 Å². The molecule has 1 fully saturated rings. The maximum absolute atomic E-state index is 11.6. The van der Waals surface area contributed by atoms with Gasteiger partial charge in [-0.2, -0.15) is 5.10 Å². The molecule has 0 aromatic carbocycles. The average molecular weight is 294 g/mol. The summed E-state index contributed by atoms with van der Waals surface area (Å²) in [6.07, 6.45) is 3.97. The van der Waals surface area contributed by atoms with Crippen molar-refractivity contribution in [1.29, 1.82) is 0 Å². The van der Waals surface area contributed by atoms with Gasteiger partial charge in [-0.3, -0.25) is 9.69 Å². The Morgan fingerprint density at radius 1 is 1.52 bits per heavy atom. The lowest BCUT2D eigenvalue weighted by molar-refractivity contribution is -0.153. The molecule has 1 aliphatic rings. The van der Waals surface area contributed by atoms with E-state index in [1.807, 2.05) is 11.6 Å². The van der Waals surface area contributed by atoms with E-state index >= 15 is 0 Å². The van der Waals surface area contributed by atoms with E-state index in [1.165, 1.54) is 0 Å². The van der Waals surface area contributed by atoms with E-state index in [2.05, 4.69) is 28.8 Å². The van der Waals surface area contributed by atoms with Gasteiger partial charge in [-0.05, 0) is 31.7 Å². The summed E-state index contributed by atoms with van der Waals surface area (Å²) in [7, 11) is 0. The minimum Gasteiger partial charge on any atom is -0.481 e. The lowest BCUT2D eigenvalue weighted by Crippen LogP contribution is -2.47. The van der Waals surface area contributed by atoms with Crippen LogP contribution in [0.2, 0.25) is 0 Å². The molecule has 2 rings (SSSR count). The number of hydrogen-bond acceptors (Lipinski definition) is 4. The largest absolute Gasteiger partial charge is 0.481 e. The highest BCUT2D eigenvalue weighted by molar-refractivity contribution is 5.75. The summed E-state index contributed by atoms with van der Waals surface area (Å²) in [6, 6.07) is 0. The van der Waals surface area contributed by atoms with Gasteiger partial charge in [-0.25, -0.2) is 9.67 Å². The van der Waals surface area contributed by atoms with Gasteiger partial charge in [0.25, 0.3) is 0 Å². The van der Waals surface area contributed by atoms with Crippen LogP contribution in [0, 0.1) is 11.3 Å². The Morgan fingerprint density at radius 3 is 2.90 bits per heavy atom. The second-order valence-electron chi connectivity index (χ2n) is 6.51. The fourth-order valence-electron chi connectivity index (χ4n) is 3.09. The minimum absolute atomic E-state index is 0.514. The van der Waals surface area contributed by atoms with Crippen LogP contribution in [0.15, 0.2) is 6.33 Å². The first-order valence-electron chi connectivity index (χ1n) is 7.79. The molecular formula is C15H26N4O2. The number of carboxylic acid groups (broad SMARTS) is 1. The fraction of sp³-hybridized carbons (Fsp3) is 0.800. The number of hydrogen-bond donors (Lipinski definition) is 1. The van der Waals surface area contributed by atoms with Crippen LogP contribution in [-0.4, -0.2) is 43.8 Å². The van der Waals surface area contributed by atoms with Crippen LogP contribution in [0.25, 0.3) is 0 Å². The van der Waals surface area contributed by atoms with Crippen molar-refractivity contribution in [2.75, 3.05) is 13.1 Å². The molecule has 1 saturated heterocycles. The Balaban J connectivity index is 2.06. The molecule has 1 aliphatic heterocycles. The monoisotopic (exact) mass is 294 g/mol. The van der Waals surface area contributed by atoms with Crippen LogP contribution in [0.4, 0.5) is 0 Å². The summed E-state index contributed by atoms with van der Waals surface area (Å²) >= 11 is 0. The van der Waals surface area contributed by atoms with E-state index in [9.17, 15) is 9.90 Å². The molecule has 1 N–H and O–H groups in total. The van der Waals surface area contributed by atoms with Crippen molar-refractivity contribution in [3.05, 3.63) is 12.2 Å². The summed E-state index contributed by atoms with van der Waals surface area (Å²) in [5, 5.41) is 13.8. The number of aliphatic carboxylic acids is 1. The van der Waals surface area contributed by atoms with Crippen molar-refractivity contribution in [1.82, 2.24) is 19.7 Å². The van der Waals surface area contributed by atoms with Gasteiger partial charge in [-0.15, -0.1) is 0 Å². The third kappa shape index (κ3) is 3.61. The molecule has 0 radical (unpaired) electrons. The lowest BCUT2D eigenvalue weighted by Gasteiger charge is -2.39. The Kier molecular flexibility index (Phi) is 4.98. The molecule has 1 atom stereocenters. The number of carbonyl (C=O) groups is 1. The third-order valence-electron chi connectivity index (χ3n) is 4.39. The standard InChI is InChI=1S/C15H26N4O2/c1-4-15(14(20)21)6-5-7-18(10-15)9-13-16-11-17-19(13)8-12(2)3/h11-12H,4-10H2,1-3H3,(H,20,21). The molecule has 2 heterocycles. The van der Waals surface area contributed by atoms with Crippen molar-refractivity contribution in [2.45, 2.75) is 53.1 Å². The van der Waals surface area contributed by atoms with Crippen LogP contribution in [0.3, 0.4) is 0 Å². The van der Waals surface area contributed by atoms with Gasteiger partial charge < -0.3 is 5.11 Å². The first-order chi connectivity index (χ1) is 9.97. The summed E-state index contributed by atoms with van der Waals surface area (Å²) < 4.78 is 1.94. The van der Waals surface area contributed by atoms with Crippen molar-refractivity contribution in [3.63, 3.8) is 0 Å². The smallest absolute Gasteiger partial charge is 0.310 e. The molecule has 0 saturated carbocycles. The summed E-state index contributed by atoms with van der Waals surface area (Å²) in [6.45, 7) is 9.34. The van der Waals surface area contributed by atoms with Gasteiger partial charge >= 0.3 is 5.97 Å². The number of rotatable bonds is 6. The highest BCUT2D eigenvalue weighted by Crippen LogP contribution is 2.34. The molecule has 0 spiro atoms. The van der Waals surface area contributed by atoms with Gasteiger partial charge in [-0.1, -0.05) is 20.8 Å². The van der Waals surface area contributed by atoms with Gasteiger partial charge in [0, 0.05) is 13.1 Å². The zero-order valence-corrected chi connectivity index (χ0v) is 13.2. The summed E-state index contributed by atoms with van der Waals surface area (Å²) in [5.41, 5.74) is -0.596. The minimum atomic E-state index is -0.668. The van der Waals surface area contributed by atoms with E-state index in [4.69, 9.17) is 0 Å². The van der Waals surface area contributed by atoms with E-state index in [0.717, 1.165) is 31.8 Å². The Labute approximate surface area is 126 Å². The maximum Gasteiger partial charge on any atom is 0.310 e. The second kappa shape index (κ2) is 6.56. The highest BCUT2D eigenvalue weighted by atomic mass is 16.4. The lowest BCUT2D eigenvalue weighted by atomic mass is 9.77. The van der Waals surface area contributed by atoms with E-state index < -0.39 is 11.4 Å². The predicted octanol–water partition coefficient (Wildman–Crippen LogP) is 2.01. The number of likely N-dealkylation sites (tertiary alicyclic amines) is 1. The molecule has 0 bridgehead atoms. The van der Waals surface area contributed by atoms with Gasteiger partial charge in [0.15, 0.2) is 0 Å². The van der Waals surface area contributed by atoms with Crippen molar-refractivity contribution in [3.8, 4) is 0 Å². The molecular weight excluding hydrogens is 268 g/mol. The van der Waals surface area contributed by atoms with Crippen LogP contribution < -0.4 is 0 Å². The Morgan fingerprint density at radius 2 is 2.29 bits per heavy atom. The van der Waals surface area contributed by atoms with Crippen LogP contribution >= 0.6 is 0 Å². The van der Waals surface area contributed by atoms with Crippen molar-refractivity contribution >= 4 is 5.97 Å². The van der Waals surface area contributed by atoms with E-state index in [0.29, 0.717) is 25.4 Å². The summed E-state index contributed by atoms with van der Waals surface area (Å²) in [5.74, 6) is 0.778. The zero-order chi connectivity index (χ0) is 15.5. The Hall–Kier alpha value is -1.43. The number of piperidine rings is 1. The van der Waals surface area contributed by atoms with E-state index in [-0.39, 0.29) is 0 Å². The first kappa shape index (κ1) is 15.9. The molecule has 6 nitrogen and oxygen atoms in total. The van der Waals surface area contributed by atoms with E-state index in [1.54, 1.807) is 6.33 Å². The molecule has 0 aliphatic carbocycles. The molecule has 1 aromatic heterocycles. The Bertz CT molecular complexity index is 486. The number of nitrogens with zero attached hydrogens (tertiary/aromatic N) is 4. The van der Waals surface area contributed by atoms with Crippen LogP contribution in [-0.2, 0) is 17.9 Å². The molecule has 21 heavy (non-hydrogen) atoms. The van der Waals surface area contributed by atoms with Crippen molar-refractivity contribution in [2.24, 2.45) is 11.3 Å². The first-order valence-corrected chi connectivity index (χ1v) is 7.79. The SMILES string of the molecule is CCC1(C(=O)O)CCCN(Cc2ncnn2CC(C)C)C1. The topological polar surface area (TPSA) is 71.2 Å². The zero-order valence-electron chi connectivity index (χ0n) is 13.2. The van der Waals surface area contributed by atoms with Gasteiger partial charge in [0.2, 0.25) is 0 Å². The summed E-state index contributed by atoms with van der Waals surface area (Å²) in [4.78, 5) is 18.2. The molecule has 1 aromatic rings. The fourth-order valence-corrected chi connectivity index (χ4v) is 3.09. The third-order valence-corrected chi connectivity index (χ3v) is 4.39. The molecule has 1 unspecified atom stereocenters. The van der Waals surface area contributed by atoms with Crippen LogP contribution in [0.1, 0.15) is 45.9 Å².